The van der Waals surface area contributed by atoms with Crippen LogP contribution >= 0.6 is 0 Å². The lowest BCUT2D eigenvalue weighted by atomic mass is 10.1. The Bertz CT molecular complexity index is 546. The molecule has 4 heteroatoms. The zero-order chi connectivity index (χ0) is 14.9. The van der Waals surface area contributed by atoms with Crippen LogP contribution in [0.15, 0.2) is 48.5 Å². The number of benzene rings is 2. The fourth-order valence-corrected chi connectivity index (χ4v) is 2.27. The molecule has 0 aliphatic carbocycles. The molecule has 0 aliphatic heterocycles. The summed E-state index contributed by atoms with van der Waals surface area (Å²) in [5.74, 6) is 1.57. The molecule has 0 saturated heterocycles. The van der Waals surface area contributed by atoms with Crippen molar-refractivity contribution in [2.45, 2.75) is 12.8 Å². The van der Waals surface area contributed by atoms with Gasteiger partial charge in [0.05, 0.1) is 14.2 Å². The van der Waals surface area contributed by atoms with Gasteiger partial charge in [0.15, 0.2) is 11.5 Å². The Morgan fingerprint density at radius 2 is 1.41 bits per heavy atom. The predicted molar refractivity (Wildman–Crippen MR) is 86.3 cm³/mol. The Morgan fingerprint density at radius 3 is 2.05 bits per heavy atom. The van der Waals surface area contributed by atoms with Crippen LogP contribution in [0.25, 0.3) is 0 Å². The van der Waals surface area contributed by atoms with Crippen LogP contribution in [-0.4, -0.2) is 27.3 Å². The van der Waals surface area contributed by atoms with Crippen molar-refractivity contribution in [2.24, 2.45) is 0 Å². The summed E-state index contributed by atoms with van der Waals surface area (Å²) < 4.78 is 10.6. The summed E-state index contributed by atoms with van der Waals surface area (Å²) in [6, 6.07) is 16.6. The summed E-state index contributed by atoms with van der Waals surface area (Å²) in [7, 11) is 3.32. The lowest BCUT2D eigenvalue weighted by Gasteiger charge is -2.10. The van der Waals surface area contributed by atoms with E-state index >= 15 is 0 Å². The van der Waals surface area contributed by atoms with Crippen LogP contribution in [-0.2, 0) is 12.8 Å². The van der Waals surface area contributed by atoms with Crippen LogP contribution in [0, 0.1) is 0 Å². The second kappa shape index (κ2) is 10.1. The van der Waals surface area contributed by atoms with Crippen LogP contribution in [0.4, 0.5) is 0 Å². The summed E-state index contributed by atoms with van der Waals surface area (Å²) >= 11 is 0. The fraction of sp³-hybridized carbons (Fsp3) is 0.333. The monoisotopic (exact) mass is 320 g/mol. The van der Waals surface area contributed by atoms with Gasteiger partial charge in [-0.3, -0.25) is 0 Å². The molecule has 1 N–H and O–H groups in total. The van der Waals surface area contributed by atoms with Crippen LogP contribution in [0.1, 0.15) is 11.1 Å². The SMILES string of the molecule is COc1ccc(CCNCCc2ccccc2)cc1OC.[Cl-]. The molecule has 0 heterocycles. The predicted octanol–water partition coefficient (Wildman–Crippen LogP) is 0.0826. The van der Waals surface area contributed by atoms with Gasteiger partial charge in [0.1, 0.15) is 0 Å². The molecule has 0 amide bonds. The number of hydrogen-bond donors (Lipinski definition) is 1. The Labute approximate surface area is 139 Å². The molecule has 120 valence electrons. The van der Waals surface area contributed by atoms with Crippen molar-refractivity contribution in [3.05, 3.63) is 59.7 Å². The second-order valence-electron chi connectivity index (χ2n) is 4.92. The van der Waals surface area contributed by atoms with Gasteiger partial charge in [0.2, 0.25) is 0 Å². The van der Waals surface area contributed by atoms with Crippen molar-refractivity contribution >= 4 is 0 Å². The van der Waals surface area contributed by atoms with Crippen molar-refractivity contribution < 1.29 is 21.9 Å². The van der Waals surface area contributed by atoms with Crippen LogP contribution in [0.2, 0.25) is 0 Å². The van der Waals surface area contributed by atoms with Crippen LogP contribution < -0.4 is 27.2 Å². The molecule has 0 fully saturated rings. The van der Waals surface area contributed by atoms with Crippen molar-refractivity contribution in [1.29, 1.82) is 0 Å². The van der Waals surface area contributed by atoms with Gasteiger partial charge in [-0.1, -0.05) is 36.4 Å². The van der Waals surface area contributed by atoms with Gasteiger partial charge < -0.3 is 27.2 Å². The van der Waals surface area contributed by atoms with Gasteiger partial charge in [-0.15, -0.1) is 0 Å². The smallest absolute Gasteiger partial charge is 0.160 e. The normalized spacial score (nSPS) is 9.91. The highest BCUT2D eigenvalue weighted by Gasteiger charge is 2.04. The Balaban J connectivity index is 0.00000242. The van der Waals surface area contributed by atoms with E-state index in [1.165, 1.54) is 11.1 Å². The Kier molecular flexibility index (Phi) is 8.41. The minimum absolute atomic E-state index is 0. The third-order valence-corrected chi connectivity index (χ3v) is 3.47. The first kappa shape index (κ1) is 18.3. The molecule has 22 heavy (non-hydrogen) atoms. The molecule has 0 aromatic heterocycles. The average Bonchev–Trinajstić information content (AvgIpc) is 2.55. The lowest BCUT2D eigenvalue weighted by molar-refractivity contribution is -0.00000489. The highest BCUT2D eigenvalue weighted by atomic mass is 35.5. The molecule has 2 aromatic carbocycles. The average molecular weight is 321 g/mol. The number of hydrogen-bond acceptors (Lipinski definition) is 3. The van der Waals surface area contributed by atoms with Crippen LogP contribution in [0.5, 0.6) is 11.5 Å². The third kappa shape index (κ3) is 5.58. The van der Waals surface area contributed by atoms with Gasteiger partial charge in [-0.25, -0.2) is 0 Å². The number of ether oxygens (including phenoxy) is 2. The zero-order valence-electron chi connectivity index (χ0n) is 13.1. The first-order chi connectivity index (χ1) is 10.3. The van der Waals surface area contributed by atoms with Gasteiger partial charge in [0, 0.05) is 0 Å². The van der Waals surface area contributed by atoms with Gasteiger partial charge in [0.25, 0.3) is 0 Å². The molecule has 0 spiro atoms. The first-order valence-corrected chi connectivity index (χ1v) is 7.29. The molecular weight excluding hydrogens is 298 g/mol. The quantitative estimate of drug-likeness (QED) is 0.699. The highest BCUT2D eigenvalue weighted by Crippen LogP contribution is 2.27. The first-order valence-electron chi connectivity index (χ1n) is 7.29. The highest BCUT2D eigenvalue weighted by molar-refractivity contribution is 5.42. The minimum Gasteiger partial charge on any atom is -1.00 e. The maximum Gasteiger partial charge on any atom is 0.160 e. The standard InChI is InChI=1S/C18H23NO2.ClH/c1-20-17-9-8-16(14-18(17)21-2)11-13-19-12-10-15-6-4-3-5-7-15;/h3-9,14,19H,10-13H2,1-2H3;1H/p-1. The molecule has 0 saturated carbocycles. The summed E-state index contributed by atoms with van der Waals surface area (Å²) in [6.07, 6.45) is 2.04. The summed E-state index contributed by atoms with van der Waals surface area (Å²) in [5, 5.41) is 3.48. The third-order valence-electron chi connectivity index (χ3n) is 3.47. The van der Waals surface area contributed by atoms with Gasteiger partial charge in [-0.05, 0) is 49.2 Å². The maximum absolute atomic E-state index is 5.32. The van der Waals surface area contributed by atoms with E-state index in [9.17, 15) is 0 Å². The van der Waals surface area contributed by atoms with E-state index in [2.05, 4.69) is 35.6 Å². The van der Waals surface area contributed by atoms with E-state index in [0.717, 1.165) is 37.4 Å². The van der Waals surface area contributed by atoms with Crippen molar-refractivity contribution in [1.82, 2.24) is 5.32 Å². The summed E-state index contributed by atoms with van der Waals surface area (Å²) in [5.41, 5.74) is 2.62. The molecule has 0 bridgehead atoms. The van der Waals surface area contributed by atoms with Crippen molar-refractivity contribution in [3.63, 3.8) is 0 Å². The number of rotatable bonds is 8. The van der Waals surface area contributed by atoms with E-state index in [1.807, 2.05) is 18.2 Å². The minimum atomic E-state index is 0. The number of nitrogens with one attached hydrogen (secondary N) is 1. The van der Waals surface area contributed by atoms with Crippen LogP contribution in [0.3, 0.4) is 0 Å². The maximum atomic E-state index is 5.32. The zero-order valence-corrected chi connectivity index (χ0v) is 13.9. The molecule has 0 atom stereocenters. The second-order valence-corrected chi connectivity index (χ2v) is 4.92. The van der Waals surface area contributed by atoms with Crippen molar-refractivity contribution in [2.75, 3.05) is 27.3 Å². The molecule has 2 rings (SSSR count). The van der Waals surface area contributed by atoms with E-state index in [0.29, 0.717) is 0 Å². The molecule has 0 unspecified atom stereocenters. The number of halogens is 1. The van der Waals surface area contributed by atoms with Gasteiger partial charge >= 0.3 is 0 Å². The Morgan fingerprint density at radius 1 is 0.773 bits per heavy atom. The number of methoxy groups -OCH3 is 2. The summed E-state index contributed by atoms with van der Waals surface area (Å²) in [4.78, 5) is 0. The van der Waals surface area contributed by atoms with E-state index in [-0.39, 0.29) is 12.4 Å². The van der Waals surface area contributed by atoms with E-state index in [1.54, 1.807) is 14.2 Å². The van der Waals surface area contributed by atoms with E-state index < -0.39 is 0 Å². The molecule has 0 aliphatic rings. The summed E-state index contributed by atoms with van der Waals surface area (Å²) in [6.45, 7) is 1.96. The van der Waals surface area contributed by atoms with Crippen molar-refractivity contribution in [3.8, 4) is 11.5 Å². The Hall–Kier alpha value is -1.71. The van der Waals surface area contributed by atoms with Gasteiger partial charge in [-0.2, -0.15) is 0 Å². The lowest BCUT2D eigenvalue weighted by Crippen LogP contribution is -3.00. The molecular formula is C18H23ClNO2-. The fourth-order valence-electron chi connectivity index (χ4n) is 2.27. The topological polar surface area (TPSA) is 30.5 Å². The molecule has 3 nitrogen and oxygen atoms in total. The molecule has 2 aromatic rings. The largest absolute Gasteiger partial charge is 1.00 e. The molecule has 0 radical (unpaired) electrons. The van der Waals surface area contributed by atoms with E-state index in [4.69, 9.17) is 9.47 Å².